The number of methoxy groups -OCH3 is 1. The summed E-state index contributed by atoms with van der Waals surface area (Å²) in [6, 6.07) is 1.75. The van der Waals surface area contributed by atoms with Gasteiger partial charge >= 0.3 is 0 Å². The molecule has 0 aliphatic rings. The zero-order valence-electron chi connectivity index (χ0n) is 8.82. The Morgan fingerprint density at radius 3 is 2.79 bits per heavy atom. The summed E-state index contributed by atoms with van der Waals surface area (Å²) in [6.45, 7) is 3.31. The Kier molecular flexibility index (Phi) is 3.64. The first-order valence-electron chi connectivity index (χ1n) is 4.51. The van der Waals surface area contributed by atoms with Crippen LogP contribution in [-0.2, 0) is 11.3 Å². The average Bonchev–Trinajstić information content (AvgIpc) is 2.16. The number of nitrogen functional groups attached to an aromatic ring is 1. The van der Waals surface area contributed by atoms with Crippen LogP contribution in [0.5, 0.6) is 0 Å². The smallest absolute Gasteiger partial charge is 0.158 e. The van der Waals surface area contributed by atoms with E-state index in [-0.39, 0.29) is 0 Å². The molecule has 0 amide bonds. The normalized spacial score (nSPS) is 10.2. The van der Waals surface area contributed by atoms with Gasteiger partial charge in [0.15, 0.2) is 5.82 Å². The highest BCUT2D eigenvalue weighted by atomic mass is 16.5. The van der Waals surface area contributed by atoms with Crippen LogP contribution in [0.3, 0.4) is 0 Å². The average molecular weight is 196 g/mol. The Morgan fingerprint density at radius 2 is 2.21 bits per heavy atom. The Hall–Kier alpha value is -1.36. The molecule has 2 N–H and O–H groups in total. The number of hydrogen-bond donors (Lipinski definition) is 1. The van der Waals surface area contributed by atoms with E-state index in [2.05, 4.69) is 9.97 Å². The van der Waals surface area contributed by atoms with Crippen molar-refractivity contribution >= 4 is 11.6 Å². The van der Waals surface area contributed by atoms with Gasteiger partial charge in [-0.25, -0.2) is 9.97 Å². The van der Waals surface area contributed by atoms with Gasteiger partial charge in [0.05, 0.1) is 0 Å². The predicted molar refractivity (Wildman–Crippen MR) is 56.1 cm³/mol. The van der Waals surface area contributed by atoms with Crippen molar-refractivity contribution < 1.29 is 4.74 Å². The van der Waals surface area contributed by atoms with E-state index in [0.717, 1.165) is 12.4 Å². The summed E-state index contributed by atoms with van der Waals surface area (Å²) >= 11 is 0. The van der Waals surface area contributed by atoms with Gasteiger partial charge in [-0.15, -0.1) is 0 Å². The summed E-state index contributed by atoms with van der Waals surface area (Å²) in [5.74, 6) is 1.91. The largest absolute Gasteiger partial charge is 0.384 e. The summed E-state index contributed by atoms with van der Waals surface area (Å²) in [5.41, 5.74) is 5.65. The summed E-state index contributed by atoms with van der Waals surface area (Å²) in [7, 11) is 3.56. The van der Waals surface area contributed by atoms with Gasteiger partial charge < -0.3 is 15.4 Å². The van der Waals surface area contributed by atoms with Gasteiger partial charge in [0.2, 0.25) is 0 Å². The summed E-state index contributed by atoms with van der Waals surface area (Å²) < 4.78 is 4.95. The van der Waals surface area contributed by atoms with Crippen LogP contribution in [0.2, 0.25) is 0 Å². The molecule has 14 heavy (non-hydrogen) atoms. The van der Waals surface area contributed by atoms with Gasteiger partial charge in [0.25, 0.3) is 0 Å². The van der Waals surface area contributed by atoms with Crippen LogP contribution in [0, 0.1) is 0 Å². The number of anilines is 2. The standard InChI is InChI=1S/C9H16N4O/c1-4-13(2)9-5-7(10)11-8(12-9)6-14-3/h5H,4,6H2,1-3H3,(H2,10,11,12). The van der Waals surface area contributed by atoms with E-state index in [1.165, 1.54) is 0 Å². The van der Waals surface area contributed by atoms with Gasteiger partial charge in [0.1, 0.15) is 18.2 Å². The summed E-state index contributed by atoms with van der Waals surface area (Å²) in [6.07, 6.45) is 0. The highest BCUT2D eigenvalue weighted by molar-refractivity contribution is 5.46. The maximum absolute atomic E-state index is 5.65. The first kappa shape index (κ1) is 10.7. The van der Waals surface area contributed by atoms with E-state index in [0.29, 0.717) is 18.2 Å². The molecular weight excluding hydrogens is 180 g/mol. The fourth-order valence-corrected chi connectivity index (χ4v) is 1.05. The fraction of sp³-hybridized carbons (Fsp3) is 0.556. The van der Waals surface area contributed by atoms with Gasteiger partial charge in [-0.2, -0.15) is 0 Å². The lowest BCUT2D eigenvalue weighted by Gasteiger charge is -2.16. The fourth-order valence-electron chi connectivity index (χ4n) is 1.05. The second kappa shape index (κ2) is 4.76. The number of ether oxygens (including phenoxy) is 1. The zero-order chi connectivity index (χ0) is 10.6. The zero-order valence-corrected chi connectivity index (χ0v) is 8.82. The van der Waals surface area contributed by atoms with E-state index in [1.54, 1.807) is 13.2 Å². The molecule has 0 saturated heterocycles. The third-order valence-corrected chi connectivity index (χ3v) is 1.92. The Balaban J connectivity index is 2.94. The van der Waals surface area contributed by atoms with Crippen molar-refractivity contribution in [3.05, 3.63) is 11.9 Å². The van der Waals surface area contributed by atoms with E-state index in [1.807, 2.05) is 18.9 Å². The topological polar surface area (TPSA) is 64.3 Å². The predicted octanol–water partition coefficient (Wildman–Crippen LogP) is 0.661. The molecule has 0 aromatic carbocycles. The molecule has 0 radical (unpaired) electrons. The molecule has 1 aromatic heterocycles. The van der Waals surface area contributed by atoms with Crippen LogP contribution in [0.15, 0.2) is 6.07 Å². The number of nitrogens with two attached hydrogens (primary N) is 1. The molecular formula is C9H16N4O. The van der Waals surface area contributed by atoms with E-state index in [9.17, 15) is 0 Å². The second-order valence-corrected chi connectivity index (χ2v) is 3.01. The molecule has 0 fully saturated rings. The molecule has 0 bridgehead atoms. The molecule has 5 heteroatoms. The minimum atomic E-state index is 0.385. The molecule has 0 spiro atoms. The molecule has 78 valence electrons. The van der Waals surface area contributed by atoms with Crippen molar-refractivity contribution in [1.82, 2.24) is 9.97 Å². The molecule has 1 heterocycles. The van der Waals surface area contributed by atoms with Crippen molar-refractivity contribution in [2.24, 2.45) is 0 Å². The van der Waals surface area contributed by atoms with Gasteiger partial charge in [-0.1, -0.05) is 0 Å². The van der Waals surface area contributed by atoms with E-state index in [4.69, 9.17) is 10.5 Å². The lowest BCUT2D eigenvalue weighted by Crippen LogP contribution is -2.18. The molecule has 5 nitrogen and oxygen atoms in total. The molecule has 0 aliphatic carbocycles. The molecule has 0 saturated carbocycles. The number of hydrogen-bond acceptors (Lipinski definition) is 5. The minimum Gasteiger partial charge on any atom is -0.384 e. The molecule has 0 unspecified atom stereocenters. The maximum atomic E-state index is 5.65. The Labute approximate surface area is 83.9 Å². The van der Waals surface area contributed by atoms with Gasteiger partial charge in [-0.05, 0) is 6.92 Å². The Morgan fingerprint density at radius 1 is 1.50 bits per heavy atom. The van der Waals surface area contributed by atoms with Crippen LogP contribution in [0.4, 0.5) is 11.6 Å². The minimum absolute atomic E-state index is 0.385. The first-order chi connectivity index (χ1) is 6.67. The van der Waals surface area contributed by atoms with Gasteiger partial charge in [0, 0.05) is 26.8 Å². The van der Waals surface area contributed by atoms with Gasteiger partial charge in [-0.3, -0.25) is 0 Å². The monoisotopic (exact) mass is 196 g/mol. The summed E-state index contributed by atoms with van der Waals surface area (Å²) in [5, 5.41) is 0. The van der Waals surface area contributed by atoms with Crippen LogP contribution in [-0.4, -0.2) is 30.7 Å². The van der Waals surface area contributed by atoms with Crippen molar-refractivity contribution in [3.63, 3.8) is 0 Å². The lowest BCUT2D eigenvalue weighted by atomic mass is 10.4. The van der Waals surface area contributed by atoms with Crippen molar-refractivity contribution in [2.45, 2.75) is 13.5 Å². The number of rotatable bonds is 4. The van der Waals surface area contributed by atoms with Crippen LogP contribution in [0.25, 0.3) is 0 Å². The maximum Gasteiger partial charge on any atom is 0.158 e. The SMILES string of the molecule is CCN(C)c1cc(N)nc(COC)n1. The van der Waals surface area contributed by atoms with Crippen LogP contribution < -0.4 is 10.6 Å². The second-order valence-electron chi connectivity index (χ2n) is 3.01. The quantitative estimate of drug-likeness (QED) is 0.766. The molecule has 1 aromatic rings. The first-order valence-corrected chi connectivity index (χ1v) is 4.51. The lowest BCUT2D eigenvalue weighted by molar-refractivity contribution is 0.178. The summed E-state index contributed by atoms with van der Waals surface area (Å²) in [4.78, 5) is 10.4. The van der Waals surface area contributed by atoms with Crippen molar-refractivity contribution in [1.29, 1.82) is 0 Å². The van der Waals surface area contributed by atoms with E-state index >= 15 is 0 Å². The molecule has 1 rings (SSSR count). The third-order valence-electron chi connectivity index (χ3n) is 1.92. The Bertz CT molecular complexity index is 303. The number of nitrogens with zero attached hydrogens (tertiary/aromatic N) is 3. The van der Waals surface area contributed by atoms with Crippen LogP contribution >= 0.6 is 0 Å². The molecule has 0 aliphatic heterocycles. The third kappa shape index (κ3) is 2.56. The van der Waals surface area contributed by atoms with Crippen LogP contribution in [0.1, 0.15) is 12.7 Å². The molecule has 0 atom stereocenters. The highest BCUT2D eigenvalue weighted by Crippen LogP contribution is 2.12. The van der Waals surface area contributed by atoms with Crippen molar-refractivity contribution in [2.75, 3.05) is 31.3 Å². The number of aromatic nitrogens is 2. The van der Waals surface area contributed by atoms with E-state index < -0.39 is 0 Å². The van der Waals surface area contributed by atoms with Crippen molar-refractivity contribution in [3.8, 4) is 0 Å². The highest BCUT2D eigenvalue weighted by Gasteiger charge is 2.05.